The van der Waals surface area contributed by atoms with Gasteiger partial charge in [-0.3, -0.25) is 9.89 Å². The fraction of sp³-hybridized carbons (Fsp3) is 0.462. The molecule has 100 valence electrons. The lowest BCUT2D eigenvalue weighted by Gasteiger charge is -2.22. The van der Waals surface area contributed by atoms with E-state index < -0.39 is 0 Å². The van der Waals surface area contributed by atoms with Crippen LogP contribution in [0.25, 0.3) is 0 Å². The predicted octanol–water partition coefficient (Wildman–Crippen LogP) is 2.58. The van der Waals surface area contributed by atoms with Crippen molar-refractivity contribution in [1.82, 2.24) is 20.1 Å². The van der Waals surface area contributed by atoms with Gasteiger partial charge in [-0.2, -0.15) is 0 Å². The number of hydrogen-bond acceptors (Lipinski definition) is 4. The van der Waals surface area contributed by atoms with Gasteiger partial charge < -0.3 is 4.90 Å². The summed E-state index contributed by atoms with van der Waals surface area (Å²) in [5.41, 5.74) is 0. The van der Waals surface area contributed by atoms with Crippen LogP contribution in [-0.4, -0.2) is 33.0 Å². The summed E-state index contributed by atoms with van der Waals surface area (Å²) in [4.78, 5) is 19.5. The standard InChI is InChI=1S/C13H16N4OS/c1-8(10-4-3-7-19-10)17(2)13(18)12-14-11(15-16-12)9-5-6-9/h3-4,7-9H,5-6H2,1-2H3,(H,14,15,16). The highest BCUT2D eigenvalue weighted by Crippen LogP contribution is 2.37. The van der Waals surface area contributed by atoms with Crippen LogP contribution >= 0.6 is 11.3 Å². The molecule has 1 unspecified atom stereocenters. The Hall–Kier alpha value is -1.69. The van der Waals surface area contributed by atoms with Gasteiger partial charge in [0, 0.05) is 17.8 Å². The van der Waals surface area contributed by atoms with Gasteiger partial charge in [0.15, 0.2) is 0 Å². The first-order valence-corrected chi connectivity index (χ1v) is 7.27. The summed E-state index contributed by atoms with van der Waals surface area (Å²) in [6.07, 6.45) is 2.29. The van der Waals surface area contributed by atoms with E-state index in [4.69, 9.17) is 0 Å². The first-order valence-electron chi connectivity index (χ1n) is 6.39. The Morgan fingerprint density at radius 2 is 2.37 bits per heavy atom. The van der Waals surface area contributed by atoms with Gasteiger partial charge >= 0.3 is 0 Å². The van der Waals surface area contributed by atoms with Crippen LogP contribution < -0.4 is 0 Å². The summed E-state index contributed by atoms with van der Waals surface area (Å²) >= 11 is 1.65. The van der Waals surface area contributed by atoms with Crippen LogP contribution in [0, 0.1) is 0 Å². The molecule has 6 heteroatoms. The molecule has 1 saturated carbocycles. The number of H-pyrrole nitrogens is 1. The Morgan fingerprint density at radius 3 is 3.00 bits per heavy atom. The third kappa shape index (κ3) is 2.40. The van der Waals surface area contributed by atoms with Crippen molar-refractivity contribution in [3.8, 4) is 0 Å². The number of hydrogen-bond donors (Lipinski definition) is 1. The Bertz CT molecular complexity index is 573. The van der Waals surface area contributed by atoms with Crippen LogP contribution in [0.1, 0.15) is 53.0 Å². The van der Waals surface area contributed by atoms with Crippen molar-refractivity contribution < 1.29 is 4.79 Å². The molecule has 19 heavy (non-hydrogen) atoms. The zero-order valence-corrected chi connectivity index (χ0v) is 11.8. The Balaban J connectivity index is 1.74. The molecule has 1 N–H and O–H groups in total. The van der Waals surface area contributed by atoms with E-state index >= 15 is 0 Å². The number of nitrogens with one attached hydrogen (secondary N) is 1. The molecule has 1 atom stereocenters. The van der Waals surface area contributed by atoms with E-state index in [2.05, 4.69) is 15.2 Å². The van der Waals surface area contributed by atoms with E-state index in [1.54, 1.807) is 23.3 Å². The second-order valence-electron chi connectivity index (χ2n) is 4.93. The number of carbonyl (C=O) groups is 1. The number of carbonyl (C=O) groups excluding carboxylic acids is 1. The lowest BCUT2D eigenvalue weighted by Crippen LogP contribution is -2.30. The first kappa shape index (κ1) is 12.3. The monoisotopic (exact) mass is 276 g/mol. The summed E-state index contributed by atoms with van der Waals surface area (Å²) < 4.78 is 0. The highest BCUT2D eigenvalue weighted by atomic mass is 32.1. The summed E-state index contributed by atoms with van der Waals surface area (Å²) in [7, 11) is 1.79. The highest BCUT2D eigenvalue weighted by molar-refractivity contribution is 7.10. The number of amides is 1. The van der Waals surface area contributed by atoms with Crippen molar-refractivity contribution in [2.45, 2.75) is 31.7 Å². The molecule has 2 heterocycles. The molecule has 0 aromatic carbocycles. The number of aromatic nitrogens is 3. The third-order valence-electron chi connectivity index (χ3n) is 3.51. The van der Waals surface area contributed by atoms with Crippen molar-refractivity contribution in [2.75, 3.05) is 7.05 Å². The second-order valence-corrected chi connectivity index (χ2v) is 5.91. The molecule has 0 aliphatic heterocycles. The molecular weight excluding hydrogens is 260 g/mol. The molecular formula is C13H16N4OS. The van der Waals surface area contributed by atoms with Gasteiger partial charge in [0.2, 0.25) is 5.82 Å². The van der Waals surface area contributed by atoms with E-state index in [-0.39, 0.29) is 17.8 Å². The molecule has 1 amide bonds. The lowest BCUT2D eigenvalue weighted by molar-refractivity contribution is 0.0733. The van der Waals surface area contributed by atoms with Gasteiger partial charge in [0.25, 0.3) is 5.91 Å². The zero-order valence-electron chi connectivity index (χ0n) is 11.0. The molecule has 0 spiro atoms. The van der Waals surface area contributed by atoms with Crippen molar-refractivity contribution in [1.29, 1.82) is 0 Å². The zero-order chi connectivity index (χ0) is 13.4. The van der Waals surface area contributed by atoms with E-state index in [1.807, 2.05) is 24.4 Å². The molecule has 2 aromatic rings. The topological polar surface area (TPSA) is 61.9 Å². The van der Waals surface area contributed by atoms with Gasteiger partial charge in [-0.25, -0.2) is 4.98 Å². The van der Waals surface area contributed by atoms with Crippen molar-refractivity contribution in [3.63, 3.8) is 0 Å². The highest BCUT2D eigenvalue weighted by Gasteiger charge is 2.29. The number of aromatic amines is 1. The van der Waals surface area contributed by atoms with Gasteiger partial charge in [-0.15, -0.1) is 16.4 Å². The summed E-state index contributed by atoms with van der Waals surface area (Å²) in [6, 6.07) is 4.06. The van der Waals surface area contributed by atoms with Crippen LogP contribution in [0.15, 0.2) is 17.5 Å². The Morgan fingerprint density at radius 1 is 1.58 bits per heavy atom. The third-order valence-corrected chi connectivity index (χ3v) is 4.56. The second kappa shape index (κ2) is 4.77. The van der Waals surface area contributed by atoms with E-state index in [9.17, 15) is 4.79 Å². The van der Waals surface area contributed by atoms with Crippen LogP contribution in [0.2, 0.25) is 0 Å². The van der Waals surface area contributed by atoms with Crippen molar-refractivity contribution in [2.24, 2.45) is 0 Å². The minimum atomic E-state index is -0.135. The molecule has 0 saturated heterocycles. The maximum Gasteiger partial charge on any atom is 0.293 e. The fourth-order valence-electron chi connectivity index (χ4n) is 1.96. The SMILES string of the molecule is CC(c1cccs1)N(C)C(=O)c1n[nH]c(C2CC2)n1. The van der Waals surface area contributed by atoms with E-state index in [0.717, 1.165) is 23.5 Å². The summed E-state index contributed by atoms with van der Waals surface area (Å²) in [6.45, 7) is 2.01. The van der Waals surface area contributed by atoms with Crippen molar-refractivity contribution >= 4 is 17.2 Å². The molecule has 2 aromatic heterocycles. The summed E-state index contributed by atoms with van der Waals surface area (Å²) in [5, 5.41) is 8.93. The van der Waals surface area contributed by atoms with Crippen LogP contribution in [0.5, 0.6) is 0 Å². The van der Waals surface area contributed by atoms with Gasteiger partial charge in [-0.05, 0) is 31.2 Å². The predicted molar refractivity (Wildman–Crippen MR) is 73.2 cm³/mol. The largest absolute Gasteiger partial charge is 0.331 e. The minimum Gasteiger partial charge on any atom is -0.331 e. The number of nitrogens with zero attached hydrogens (tertiary/aromatic N) is 3. The molecule has 1 aliphatic rings. The average molecular weight is 276 g/mol. The van der Waals surface area contributed by atoms with Gasteiger partial charge in [0.1, 0.15) is 5.82 Å². The smallest absolute Gasteiger partial charge is 0.293 e. The lowest BCUT2D eigenvalue weighted by atomic mass is 10.2. The molecule has 1 fully saturated rings. The van der Waals surface area contributed by atoms with Crippen molar-refractivity contribution in [3.05, 3.63) is 34.0 Å². The molecule has 5 nitrogen and oxygen atoms in total. The Kier molecular flexibility index (Phi) is 3.10. The molecule has 1 aliphatic carbocycles. The maximum atomic E-state index is 12.3. The quantitative estimate of drug-likeness (QED) is 0.933. The fourth-order valence-corrected chi connectivity index (χ4v) is 2.79. The normalized spacial score (nSPS) is 16.3. The minimum absolute atomic E-state index is 0.0374. The average Bonchev–Trinajstić information content (AvgIpc) is 2.97. The molecule has 0 bridgehead atoms. The molecule has 0 radical (unpaired) electrons. The molecule has 3 rings (SSSR count). The van der Waals surface area contributed by atoms with Crippen LogP contribution in [0.3, 0.4) is 0 Å². The van der Waals surface area contributed by atoms with Gasteiger partial charge in [-0.1, -0.05) is 6.07 Å². The maximum absolute atomic E-state index is 12.3. The van der Waals surface area contributed by atoms with E-state index in [0.29, 0.717) is 5.92 Å². The first-order chi connectivity index (χ1) is 9.16. The van der Waals surface area contributed by atoms with E-state index in [1.165, 1.54) is 0 Å². The van der Waals surface area contributed by atoms with Crippen LogP contribution in [0.4, 0.5) is 0 Å². The number of thiophene rings is 1. The van der Waals surface area contributed by atoms with Gasteiger partial charge in [0.05, 0.1) is 6.04 Å². The van der Waals surface area contributed by atoms with Crippen LogP contribution in [-0.2, 0) is 0 Å². The number of rotatable bonds is 4. The Labute approximate surface area is 115 Å². The summed E-state index contributed by atoms with van der Waals surface area (Å²) in [5.74, 6) is 1.46.